The van der Waals surface area contributed by atoms with E-state index in [0.29, 0.717) is 12.2 Å². The largest absolute Gasteiger partial charge is 0.493 e. The lowest BCUT2D eigenvalue weighted by atomic mass is 10.0. The Kier molecular flexibility index (Phi) is 6.41. The highest BCUT2D eigenvalue weighted by molar-refractivity contribution is 5.92. The third-order valence-electron chi connectivity index (χ3n) is 6.39. The van der Waals surface area contributed by atoms with Crippen molar-refractivity contribution in [2.24, 2.45) is 0 Å². The Labute approximate surface area is 204 Å². The summed E-state index contributed by atoms with van der Waals surface area (Å²) in [7, 11) is 5.76. The van der Waals surface area contributed by atoms with Gasteiger partial charge in [-0.2, -0.15) is 0 Å². The second-order valence-electron chi connectivity index (χ2n) is 9.07. The van der Waals surface area contributed by atoms with Crippen LogP contribution in [0.1, 0.15) is 27.4 Å². The summed E-state index contributed by atoms with van der Waals surface area (Å²) >= 11 is 0. The van der Waals surface area contributed by atoms with Gasteiger partial charge in [0.25, 0.3) is 5.91 Å². The molecule has 180 valence electrons. The van der Waals surface area contributed by atoms with Gasteiger partial charge in [0.1, 0.15) is 23.6 Å². The second-order valence-corrected chi connectivity index (χ2v) is 9.07. The molecule has 0 saturated carbocycles. The minimum atomic E-state index is -0.0997. The summed E-state index contributed by atoms with van der Waals surface area (Å²) in [4.78, 5) is 25.6. The van der Waals surface area contributed by atoms with E-state index in [9.17, 15) is 4.79 Å². The molecule has 4 aromatic rings. The second kappa shape index (κ2) is 9.79. The third-order valence-corrected chi connectivity index (χ3v) is 6.39. The number of pyridine rings is 1. The van der Waals surface area contributed by atoms with Gasteiger partial charge in [0.15, 0.2) is 5.65 Å². The normalized spacial score (nSPS) is 12.7. The quantitative estimate of drug-likeness (QED) is 0.390. The number of hydrogen-bond acceptors (Lipinski definition) is 7. The van der Waals surface area contributed by atoms with Crippen molar-refractivity contribution in [3.8, 4) is 16.9 Å². The van der Waals surface area contributed by atoms with Crippen LogP contribution in [0.25, 0.3) is 16.8 Å². The monoisotopic (exact) mass is 471 g/mol. The molecule has 9 heteroatoms. The highest BCUT2D eigenvalue weighted by atomic mass is 16.5. The summed E-state index contributed by atoms with van der Waals surface area (Å²) in [5, 5.41) is 8.47. The number of fused-ring (bicyclic) bond motifs is 2. The van der Waals surface area contributed by atoms with Crippen LogP contribution in [0.3, 0.4) is 0 Å². The first kappa shape index (κ1) is 22.9. The molecule has 1 aliphatic heterocycles. The SMILES string of the molecule is CN(C)CCN(C)C(=O)c1ccc(-c2cnc(CCc3cccc4c3CCO4)n3cnnc23)cn1. The first-order valence-electron chi connectivity index (χ1n) is 11.8. The lowest BCUT2D eigenvalue weighted by molar-refractivity contribution is 0.0780. The van der Waals surface area contributed by atoms with Crippen LogP contribution >= 0.6 is 0 Å². The fourth-order valence-electron chi connectivity index (χ4n) is 4.36. The van der Waals surface area contributed by atoms with Crippen LogP contribution in [0, 0.1) is 0 Å². The molecule has 1 aromatic carbocycles. The van der Waals surface area contributed by atoms with Gasteiger partial charge in [0.2, 0.25) is 0 Å². The topological polar surface area (TPSA) is 88.8 Å². The Morgan fingerprint density at radius 1 is 1.06 bits per heavy atom. The maximum Gasteiger partial charge on any atom is 0.272 e. The van der Waals surface area contributed by atoms with E-state index in [1.165, 1.54) is 11.1 Å². The summed E-state index contributed by atoms with van der Waals surface area (Å²) in [6, 6.07) is 9.89. The smallest absolute Gasteiger partial charge is 0.272 e. The molecule has 0 bridgehead atoms. The van der Waals surface area contributed by atoms with Crippen LogP contribution in [0.4, 0.5) is 0 Å². The van der Waals surface area contributed by atoms with Gasteiger partial charge in [0.05, 0.1) is 6.61 Å². The molecular formula is C26H29N7O2. The Hall–Kier alpha value is -3.85. The zero-order valence-corrected chi connectivity index (χ0v) is 20.3. The predicted octanol–water partition coefficient (Wildman–Crippen LogP) is 2.54. The number of nitrogens with zero attached hydrogens (tertiary/aromatic N) is 7. The van der Waals surface area contributed by atoms with E-state index >= 15 is 0 Å². The van der Waals surface area contributed by atoms with Crippen molar-refractivity contribution in [2.45, 2.75) is 19.3 Å². The van der Waals surface area contributed by atoms with Gasteiger partial charge in [-0.05, 0) is 38.2 Å². The average molecular weight is 472 g/mol. The first-order chi connectivity index (χ1) is 17.0. The molecule has 0 unspecified atom stereocenters. The lowest BCUT2D eigenvalue weighted by Gasteiger charge is -2.19. The number of aromatic nitrogens is 5. The Morgan fingerprint density at radius 2 is 1.94 bits per heavy atom. The summed E-state index contributed by atoms with van der Waals surface area (Å²) in [6.07, 6.45) is 7.80. The van der Waals surface area contributed by atoms with Gasteiger partial charge in [-0.25, -0.2) is 4.98 Å². The molecule has 0 radical (unpaired) electrons. The maximum atomic E-state index is 12.7. The predicted molar refractivity (Wildman–Crippen MR) is 133 cm³/mol. The van der Waals surface area contributed by atoms with E-state index < -0.39 is 0 Å². The highest BCUT2D eigenvalue weighted by Crippen LogP contribution is 2.29. The number of aryl methyl sites for hydroxylation is 2. The molecule has 4 heterocycles. The van der Waals surface area contributed by atoms with Crippen molar-refractivity contribution in [2.75, 3.05) is 40.8 Å². The molecule has 0 N–H and O–H groups in total. The van der Waals surface area contributed by atoms with E-state index in [2.05, 4.69) is 21.2 Å². The minimum absolute atomic E-state index is 0.0997. The summed E-state index contributed by atoms with van der Waals surface area (Å²) < 4.78 is 7.63. The van der Waals surface area contributed by atoms with Gasteiger partial charge >= 0.3 is 0 Å². The Bertz CT molecular complexity index is 1350. The standard InChI is InChI=1S/C26H29N7O2/c1-31(2)12-13-32(3)26(34)22-9-7-19(15-27-22)21-16-28-24(33-17-29-30-25(21)33)10-8-18-5-4-6-23-20(18)11-14-35-23/h4-7,9,15-17H,8,10-14H2,1-3H3. The average Bonchev–Trinajstić information content (AvgIpc) is 3.56. The van der Waals surface area contributed by atoms with Crippen LogP contribution in [-0.2, 0) is 19.3 Å². The zero-order valence-electron chi connectivity index (χ0n) is 20.3. The molecule has 5 rings (SSSR count). The molecule has 0 saturated heterocycles. The fourth-order valence-corrected chi connectivity index (χ4v) is 4.36. The van der Waals surface area contributed by atoms with Crippen molar-refractivity contribution >= 4 is 11.6 Å². The first-order valence-corrected chi connectivity index (χ1v) is 11.8. The molecule has 0 atom stereocenters. The molecule has 35 heavy (non-hydrogen) atoms. The van der Waals surface area contributed by atoms with Gasteiger partial charge < -0.3 is 14.5 Å². The molecule has 9 nitrogen and oxygen atoms in total. The third kappa shape index (κ3) is 4.72. The molecule has 0 fully saturated rings. The van der Waals surface area contributed by atoms with Crippen molar-refractivity contribution in [3.63, 3.8) is 0 Å². The molecular weight excluding hydrogens is 442 g/mol. The van der Waals surface area contributed by atoms with Crippen LogP contribution in [-0.4, -0.2) is 81.1 Å². The van der Waals surface area contributed by atoms with Crippen molar-refractivity contribution in [3.05, 3.63) is 71.7 Å². The molecule has 1 amide bonds. The van der Waals surface area contributed by atoms with Crippen molar-refractivity contribution in [1.82, 2.24) is 34.4 Å². The van der Waals surface area contributed by atoms with Crippen molar-refractivity contribution < 1.29 is 9.53 Å². The van der Waals surface area contributed by atoms with E-state index in [4.69, 9.17) is 9.72 Å². The summed E-state index contributed by atoms with van der Waals surface area (Å²) in [5.74, 6) is 1.79. The summed E-state index contributed by atoms with van der Waals surface area (Å²) in [6.45, 7) is 2.18. The number of likely N-dealkylation sites (N-methyl/N-ethyl adjacent to an activating group) is 2. The molecule has 0 aliphatic carbocycles. The minimum Gasteiger partial charge on any atom is -0.493 e. The summed E-state index contributed by atoms with van der Waals surface area (Å²) in [5.41, 5.74) is 5.40. The van der Waals surface area contributed by atoms with Crippen LogP contribution in [0.2, 0.25) is 0 Å². The number of amides is 1. The lowest BCUT2D eigenvalue weighted by Crippen LogP contribution is -2.33. The van der Waals surface area contributed by atoms with Crippen molar-refractivity contribution in [1.29, 1.82) is 0 Å². The Balaban J connectivity index is 1.34. The van der Waals surface area contributed by atoms with Gasteiger partial charge in [-0.1, -0.05) is 18.2 Å². The highest BCUT2D eigenvalue weighted by Gasteiger charge is 2.18. The molecule has 0 spiro atoms. The number of rotatable bonds is 8. The van der Waals surface area contributed by atoms with Crippen LogP contribution in [0.5, 0.6) is 5.75 Å². The van der Waals surface area contributed by atoms with Gasteiger partial charge in [0, 0.05) is 62.1 Å². The van der Waals surface area contributed by atoms with Gasteiger partial charge in [-0.3, -0.25) is 14.2 Å². The number of carbonyl (C=O) groups excluding carboxylic acids is 1. The maximum absolute atomic E-state index is 12.7. The molecule has 3 aromatic heterocycles. The number of ether oxygens (including phenoxy) is 1. The Morgan fingerprint density at radius 3 is 2.74 bits per heavy atom. The zero-order chi connectivity index (χ0) is 24.4. The van der Waals surface area contributed by atoms with Crippen LogP contribution in [0.15, 0.2) is 49.1 Å². The van der Waals surface area contributed by atoms with E-state index in [1.54, 1.807) is 30.5 Å². The number of benzene rings is 1. The van der Waals surface area contributed by atoms with Gasteiger partial charge in [-0.15, -0.1) is 10.2 Å². The number of hydrogen-bond donors (Lipinski definition) is 0. The van der Waals surface area contributed by atoms with E-state index in [0.717, 1.165) is 60.8 Å². The van der Waals surface area contributed by atoms with E-state index in [-0.39, 0.29) is 5.91 Å². The van der Waals surface area contributed by atoms with Crippen LogP contribution < -0.4 is 4.74 Å². The fraction of sp³-hybridized carbons (Fsp3) is 0.346. The van der Waals surface area contributed by atoms with E-state index in [1.807, 2.05) is 47.8 Å². The molecule has 1 aliphatic rings. The number of carbonyl (C=O) groups is 1.